The van der Waals surface area contributed by atoms with Crippen molar-refractivity contribution in [2.75, 3.05) is 6.61 Å². The van der Waals surface area contributed by atoms with E-state index in [4.69, 9.17) is 27.9 Å². The first kappa shape index (κ1) is 20.1. The molecule has 0 bridgehead atoms. The van der Waals surface area contributed by atoms with Gasteiger partial charge in [-0.15, -0.1) is 0 Å². The number of rotatable bonds is 4. The first-order valence-corrected chi connectivity index (χ1v) is 10.2. The monoisotopic (exact) mass is 486 g/mol. The van der Waals surface area contributed by atoms with Gasteiger partial charge in [0.25, 0.3) is 5.91 Å². The molecule has 0 unspecified atom stereocenters. The van der Waals surface area contributed by atoms with E-state index in [2.05, 4.69) is 20.9 Å². The zero-order valence-electron chi connectivity index (χ0n) is 14.0. The molecule has 3 rings (SSSR count). The molecule has 1 heterocycles. The number of carbonyl (C=O) groups is 2. The molecule has 0 saturated heterocycles. The second-order valence-corrected chi connectivity index (χ2v) is 8.20. The Morgan fingerprint density at radius 1 is 1.22 bits per heavy atom. The van der Waals surface area contributed by atoms with E-state index in [1.54, 1.807) is 47.9 Å². The van der Waals surface area contributed by atoms with Gasteiger partial charge in [-0.1, -0.05) is 50.5 Å². The minimum atomic E-state index is -0.444. The zero-order chi connectivity index (χ0) is 19.6. The Hall–Kier alpha value is -1.67. The van der Waals surface area contributed by atoms with Gasteiger partial charge < -0.3 is 9.30 Å². The molecule has 9 heteroatoms. The van der Waals surface area contributed by atoms with Crippen LogP contribution in [0.2, 0.25) is 10.0 Å². The summed E-state index contributed by atoms with van der Waals surface area (Å²) >= 11 is 17.0. The molecule has 0 aliphatic carbocycles. The number of benzene rings is 2. The zero-order valence-corrected chi connectivity index (χ0v) is 18.0. The van der Waals surface area contributed by atoms with Gasteiger partial charge in [0.1, 0.15) is 6.54 Å². The lowest BCUT2D eigenvalue weighted by atomic mass is 10.2. The van der Waals surface area contributed by atoms with Crippen LogP contribution in [0.1, 0.15) is 17.3 Å². The molecular weight excluding hydrogens is 475 g/mol. The van der Waals surface area contributed by atoms with E-state index in [0.717, 1.165) is 9.17 Å². The molecule has 2 aromatic carbocycles. The normalized spacial score (nSPS) is 11.8. The van der Waals surface area contributed by atoms with E-state index in [9.17, 15) is 9.59 Å². The number of halogens is 3. The number of carbonyl (C=O) groups excluding carboxylic acids is 2. The third-order valence-electron chi connectivity index (χ3n) is 3.58. The van der Waals surface area contributed by atoms with E-state index < -0.39 is 11.9 Å². The highest BCUT2D eigenvalue weighted by Gasteiger charge is 2.16. The predicted molar refractivity (Wildman–Crippen MR) is 111 cm³/mol. The fraction of sp³-hybridized carbons (Fsp3) is 0.167. The van der Waals surface area contributed by atoms with Gasteiger partial charge in [0.2, 0.25) is 0 Å². The highest BCUT2D eigenvalue weighted by molar-refractivity contribution is 9.10. The van der Waals surface area contributed by atoms with Crippen molar-refractivity contribution in [3.05, 3.63) is 61.3 Å². The fourth-order valence-corrected chi connectivity index (χ4v) is 4.52. The molecule has 140 valence electrons. The number of aromatic nitrogens is 1. The summed E-state index contributed by atoms with van der Waals surface area (Å²) in [6.45, 7) is 1.87. The number of amides is 1. The second kappa shape index (κ2) is 8.56. The summed E-state index contributed by atoms with van der Waals surface area (Å²) < 4.78 is 8.19. The van der Waals surface area contributed by atoms with Crippen LogP contribution in [-0.4, -0.2) is 23.1 Å². The largest absolute Gasteiger partial charge is 0.465 e. The van der Waals surface area contributed by atoms with Crippen LogP contribution in [0, 0.1) is 0 Å². The summed E-state index contributed by atoms with van der Waals surface area (Å²) in [5, 5.41) is 0.832. The van der Waals surface area contributed by atoms with Gasteiger partial charge >= 0.3 is 5.97 Å². The average molecular weight is 488 g/mol. The molecule has 0 aliphatic heterocycles. The maximum atomic E-state index is 12.6. The van der Waals surface area contributed by atoms with Gasteiger partial charge in [0.05, 0.1) is 21.8 Å². The Morgan fingerprint density at radius 3 is 2.59 bits per heavy atom. The summed E-state index contributed by atoms with van der Waals surface area (Å²) in [4.78, 5) is 29.1. The lowest BCUT2D eigenvalue weighted by molar-refractivity contribution is -0.143. The van der Waals surface area contributed by atoms with Crippen molar-refractivity contribution < 1.29 is 14.3 Å². The Bertz CT molecular complexity index is 1090. The van der Waals surface area contributed by atoms with Crippen LogP contribution < -0.4 is 4.80 Å². The summed E-state index contributed by atoms with van der Waals surface area (Å²) in [5.41, 5.74) is 1.02. The minimum absolute atomic E-state index is 0.109. The highest BCUT2D eigenvalue weighted by Crippen LogP contribution is 2.29. The third-order valence-corrected chi connectivity index (χ3v) is 5.64. The number of hydrogen-bond donors (Lipinski definition) is 0. The number of fused-ring (bicyclic) bond motifs is 1. The lowest BCUT2D eigenvalue weighted by Gasteiger charge is -2.06. The van der Waals surface area contributed by atoms with Crippen molar-refractivity contribution in [3.8, 4) is 0 Å². The topological polar surface area (TPSA) is 60.7 Å². The Balaban J connectivity index is 2.15. The van der Waals surface area contributed by atoms with Gasteiger partial charge in [0.15, 0.2) is 4.80 Å². The molecule has 0 radical (unpaired) electrons. The number of thiazole rings is 1. The smallest absolute Gasteiger partial charge is 0.326 e. The summed E-state index contributed by atoms with van der Waals surface area (Å²) in [6, 6.07) is 10.2. The summed E-state index contributed by atoms with van der Waals surface area (Å²) in [5.74, 6) is -0.866. The average Bonchev–Trinajstić information content (AvgIpc) is 2.92. The molecule has 0 aliphatic rings. The van der Waals surface area contributed by atoms with E-state index in [0.29, 0.717) is 25.9 Å². The molecule has 0 spiro atoms. The number of hydrogen-bond acceptors (Lipinski definition) is 4. The molecule has 27 heavy (non-hydrogen) atoms. The third kappa shape index (κ3) is 4.60. The molecule has 0 fully saturated rings. The van der Waals surface area contributed by atoms with Gasteiger partial charge in [-0.2, -0.15) is 4.99 Å². The summed E-state index contributed by atoms with van der Waals surface area (Å²) in [6.07, 6.45) is 0. The maximum Gasteiger partial charge on any atom is 0.326 e. The highest BCUT2D eigenvalue weighted by atomic mass is 79.9. The van der Waals surface area contributed by atoms with Crippen molar-refractivity contribution in [1.29, 1.82) is 0 Å². The van der Waals surface area contributed by atoms with Crippen LogP contribution in [-0.2, 0) is 16.1 Å². The van der Waals surface area contributed by atoms with Crippen LogP contribution >= 0.6 is 50.5 Å². The van der Waals surface area contributed by atoms with E-state index in [1.807, 2.05) is 0 Å². The molecule has 5 nitrogen and oxygen atoms in total. The molecule has 0 saturated carbocycles. The SMILES string of the molecule is CCOC(=O)Cn1c(=NC(=O)c2ccc(Br)cc2)sc2cc(Cl)cc(Cl)c21. The molecule has 1 amide bonds. The molecular formula is C18H13BrCl2N2O3S. The van der Waals surface area contributed by atoms with Crippen molar-refractivity contribution in [3.63, 3.8) is 0 Å². The molecule has 3 aromatic rings. The first-order chi connectivity index (χ1) is 12.9. The van der Waals surface area contributed by atoms with Crippen molar-refractivity contribution in [2.45, 2.75) is 13.5 Å². The standard InChI is InChI=1S/C18H13BrCl2N2O3S/c1-2-26-15(24)9-23-16-13(21)7-12(20)8-14(16)27-18(23)22-17(25)10-3-5-11(19)6-4-10/h3-8H,2,9H2,1H3. The lowest BCUT2D eigenvalue weighted by Crippen LogP contribution is -2.23. The second-order valence-electron chi connectivity index (χ2n) is 5.43. The predicted octanol–water partition coefficient (Wildman–Crippen LogP) is 5.08. The number of ether oxygens (including phenoxy) is 1. The maximum absolute atomic E-state index is 12.6. The van der Waals surface area contributed by atoms with Crippen LogP contribution in [0.25, 0.3) is 10.2 Å². The fourth-order valence-electron chi connectivity index (χ4n) is 2.44. The van der Waals surface area contributed by atoms with Gasteiger partial charge in [-0.3, -0.25) is 9.59 Å². The van der Waals surface area contributed by atoms with E-state index in [1.165, 1.54) is 11.3 Å². The molecule has 1 aromatic heterocycles. The van der Waals surface area contributed by atoms with Crippen LogP contribution in [0.5, 0.6) is 0 Å². The van der Waals surface area contributed by atoms with Gasteiger partial charge in [-0.05, 0) is 43.3 Å². The minimum Gasteiger partial charge on any atom is -0.465 e. The van der Waals surface area contributed by atoms with Gasteiger partial charge in [0, 0.05) is 15.1 Å². The van der Waals surface area contributed by atoms with Gasteiger partial charge in [-0.25, -0.2) is 0 Å². The van der Waals surface area contributed by atoms with Crippen molar-refractivity contribution in [2.24, 2.45) is 4.99 Å². The van der Waals surface area contributed by atoms with Crippen molar-refractivity contribution in [1.82, 2.24) is 4.57 Å². The van der Waals surface area contributed by atoms with Crippen molar-refractivity contribution >= 4 is 72.6 Å². The van der Waals surface area contributed by atoms with E-state index in [-0.39, 0.29) is 13.2 Å². The number of esters is 1. The molecule has 0 N–H and O–H groups in total. The van der Waals surface area contributed by atoms with E-state index >= 15 is 0 Å². The van der Waals surface area contributed by atoms with Crippen LogP contribution in [0.4, 0.5) is 0 Å². The van der Waals surface area contributed by atoms with Crippen LogP contribution in [0.15, 0.2) is 45.9 Å². The number of nitrogens with zero attached hydrogens (tertiary/aromatic N) is 2. The quantitative estimate of drug-likeness (QED) is 0.482. The summed E-state index contributed by atoms with van der Waals surface area (Å²) in [7, 11) is 0. The Kier molecular flexibility index (Phi) is 6.37. The Labute approximate surface area is 177 Å². The van der Waals surface area contributed by atoms with Crippen LogP contribution in [0.3, 0.4) is 0 Å². The first-order valence-electron chi connectivity index (χ1n) is 7.87. The Morgan fingerprint density at radius 2 is 1.93 bits per heavy atom. The molecule has 0 atom stereocenters.